The van der Waals surface area contributed by atoms with Gasteiger partial charge < -0.3 is 10.1 Å². The summed E-state index contributed by atoms with van der Waals surface area (Å²) in [6, 6.07) is 10.3. The Balaban J connectivity index is 1.33. The lowest BCUT2D eigenvalue weighted by molar-refractivity contribution is 0.0639. The Kier molecular flexibility index (Phi) is 8.25. The number of thiophene rings is 1. The normalized spacial score (nSPS) is 20.3. The van der Waals surface area contributed by atoms with Crippen molar-refractivity contribution in [1.29, 1.82) is 0 Å². The average molecular weight is 681 g/mol. The molecule has 0 amide bonds. The number of aryl methyl sites for hydroxylation is 3. The maximum atomic E-state index is 14.2. The molecule has 7 heterocycles. The van der Waals surface area contributed by atoms with Crippen LogP contribution in [0.25, 0.3) is 31.8 Å². The summed E-state index contributed by atoms with van der Waals surface area (Å²) in [5.41, 5.74) is 7.03. The first-order valence-corrected chi connectivity index (χ1v) is 19.5. The molecular weight excluding hydrogens is 641 g/mol. The number of fused-ring (bicyclic) bond motifs is 3. The Bertz CT molecular complexity index is 2120. The Hall–Kier alpha value is -3.80. The summed E-state index contributed by atoms with van der Waals surface area (Å²) >= 11 is 1.59. The molecule has 248 valence electrons. The molecule has 9 nitrogen and oxygen atoms in total. The third-order valence-electron chi connectivity index (χ3n) is 10.3. The minimum Gasteiger partial charge on any atom is -0.381 e. The molecule has 0 saturated carbocycles. The first kappa shape index (κ1) is 31.5. The maximum Gasteiger partial charge on any atom is 0.181 e. The van der Waals surface area contributed by atoms with Crippen molar-refractivity contribution < 1.29 is 13.2 Å². The monoisotopic (exact) mass is 680 g/mol. The van der Waals surface area contributed by atoms with Gasteiger partial charge in [0.15, 0.2) is 9.84 Å². The molecule has 0 radical (unpaired) electrons. The van der Waals surface area contributed by atoms with Crippen molar-refractivity contribution in [3.05, 3.63) is 77.4 Å². The number of hydrogen-bond acceptors (Lipinski definition) is 10. The average Bonchev–Trinajstić information content (AvgIpc) is 3.78. The second kappa shape index (κ2) is 12.6. The third-order valence-corrected chi connectivity index (χ3v) is 13.3. The van der Waals surface area contributed by atoms with Gasteiger partial charge in [-0.25, -0.2) is 23.4 Å². The maximum absolute atomic E-state index is 14.2. The highest BCUT2D eigenvalue weighted by atomic mass is 32.2. The summed E-state index contributed by atoms with van der Waals surface area (Å²) in [6.07, 6.45) is 10.9. The number of ether oxygens (including phenoxy) is 1. The van der Waals surface area contributed by atoms with E-state index in [9.17, 15) is 8.42 Å². The molecular formula is C37H40N6O3S2. The Morgan fingerprint density at radius 3 is 2.69 bits per heavy atom. The number of hydrogen-bond donors (Lipinski definition) is 1. The van der Waals surface area contributed by atoms with Crippen molar-refractivity contribution in [2.24, 2.45) is 11.8 Å². The Labute approximate surface area is 285 Å². The molecule has 8 rings (SSSR count). The summed E-state index contributed by atoms with van der Waals surface area (Å²) in [4.78, 5) is 25.1. The van der Waals surface area contributed by atoms with Gasteiger partial charge in [-0.15, -0.1) is 11.3 Å². The van der Waals surface area contributed by atoms with E-state index in [-0.39, 0.29) is 23.6 Å². The highest BCUT2D eigenvalue weighted by Gasteiger charge is 2.42. The summed E-state index contributed by atoms with van der Waals surface area (Å²) < 4.78 is 35.1. The predicted octanol–water partition coefficient (Wildman–Crippen LogP) is 7.50. The third kappa shape index (κ3) is 5.69. The smallest absolute Gasteiger partial charge is 0.181 e. The number of sulfone groups is 1. The fourth-order valence-electron chi connectivity index (χ4n) is 7.69. The molecule has 0 spiro atoms. The predicted molar refractivity (Wildman–Crippen MR) is 189 cm³/mol. The van der Waals surface area contributed by atoms with Crippen LogP contribution in [0, 0.1) is 18.8 Å². The van der Waals surface area contributed by atoms with Crippen molar-refractivity contribution in [3.8, 4) is 21.7 Å². The number of aromatic nitrogens is 5. The van der Waals surface area contributed by atoms with E-state index in [1.807, 2.05) is 37.5 Å². The molecule has 5 aromatic heterocycles. The van der Waals surface area contributed by atoms with Crippen molar-refractivity contribution in [2.45, 2.75) is 76.2 Å². The largest absolute Gasteiger partial charge is 0.381 e. The lowest BCUT2D eigenvalue weighted by Crippen LogP contribution is -2.17. The van der Waals surface area contributed by atoms with E-state index in [1.165, 1.54) is 5.56 Å². The molecule has 2 atom stereocenters. The molecule has 1 aliphatic carbocycles. The SMILES string of the molecule is Cc1cc(-c2c(CCC3CCOCC3)nc3c(c2-c2cc4ccnc(N[C@@H]5CCc6ncccc65)c4s2)S(=O)(=O)CC3C(C)C)ncn1. The van der Waals surface area contributed by atoms with Crippen molar-refractivity contribution in [1.82, 2.24) is 24.9 Å². The lowest BCUT2D eigenvalue weighted by Gasteiger charge is -2.23. The summed E-state index contributed by atoms with van der Waals surface area (Å²) in [5, 5.41) is 4.74. The zero-order valence-corrected chi connectivity index (χ0v) is 29.2. The molecule has 5 aromatic rings. The fraction of sp³-hybridized carbons (Fsp3) is 0.432. The minimum absolute atomic E-state index is 0.0695. The second-order valence-electron chi connectivity index (χ2n) is 13.8. The van der Waals surface area contributed by atoms with Gasteiger partial charge in [0.2, 0.25) is 0 Å². The molecule has 48 heavy (non-hydrogen) atoms. The van der Waals surface area contributed by atoms with Crippen LogP contribution in [0.5, 0.6) is 0 Å². The quantitative estimate of drug-likeness (QED) is 0.178. The van der Waals surface area contributed by atoms with Crippen LogP contribution >= 0.6 is 11.3 Å². The first-order valence-electron chi connectivity index (χ1n) is 17.0. The zero-order chi connectivity index (χ0) is 33.0. The van der Waals surface area contributed by atoms with Gasteiger partial charge in [-0.05, 0) is 92.5 Å². The molecule has 1 N–H and O–H groups in total. The van der Waals surface area contributed by atoms with E-state index in [0.717, 1.165) is 101 Å². The molecule has 0 bridgehead atoms. The highest BCUT2D eigenvalue weighted by Crippen LogP contribution is 2.51. The second-order valence-corrected chi connectivity index (χ2v) is 16.8. The number of pyridine rings is 3. The van der Waals surface area contributed by atoms with Crippen molar-refractivity contribution >= 4 is 37.1 Å². The van der Waals surface area contributed by atoms with Gasteiger partial charge in [0.1, 0.15) is 12.1 Å². The number of nitrogens with zero attached hydrogens (tertiary/aromatic N) is 5. The molecule has 3 aliphatic rings. The van der Waals surface area contributed by atoms with Gasteiger partial charge >= 0.3 is 0 Å². The molecule has 1 saturated heterocycles. The highest BCUT2D eigenvalue weighted by molar-refractivity contribution is 7.92. The van der Waals surface area contributed by atoms with Crippen LogP contribution in [0.15, 0.2) is 53.9 Å². The van der Waals surface area contributed by atoms with E-state index in [1.54, 1.807) is 17.7 Å². The molecule has 11 heteroatoms. The fourth-order valence-corrected chi connectivity index (χ4v) is 11.1. The minimum atomic E-state index is -3.63. The van der Waals surface area contributed by atoms with Crippen molar-refractivity contribution in [3.63, 3.8) is 0 Å². The van der Waals surface area contributed by atoms with Crippen LogP contribution in [0.1, 0.15) is 79.8 Å². The first-order chi connectivity index (χ1) is 23.3. The summed E-state index contributed by atoms with van der Waals surface area (Å²) in [6.45, 7) is 7.71. The molecule has 0 aromatic carbocycles. The van der Waals surface area contributed by atoms with Gasteiger partial charge in [-0.2, -0.15) is 0 Å². The van der Waals surface area contributed by atoms with Crippen LogP contribution in [0.3, 0.4) is 0 Å². The van der Waals surface area contributed by atoms with E-state index in [0.29, 0.717) is 22.2 Å². The van der Waals surface area contributed by atoms with Crippen LogP contribution in [-0.2, 0) is 27.4 Å². The van der Waals surface area contributed by atoms with Gasteiger partial charge in [0.05, 0.1) is 38.5 Å². The molecule has 1 fully saturated rings. The zero-order valence-electron chi connectivity index (χ0n) is 27.6. The number of anilines is 1. The number of nitrogens with one attached hydrogen (secondary N) is 1. The van der Waals surface area contributed by atoms with Gasteiger partial charge in [0, 0.05) is 58.9 Å². The van der Waals surface area contributed by atoms with E-state index in [2.05, 4.69) is 41.3 Å². The molecule has 2 aliphatic heterocycles. The van der Waals surface area contributed by atoms with Gasteiger partial charge in [-0.3, -0.25) is 9.97 Å². The van der Waals surface area contributed by atoms with Crippen LogP contribution < -0.4 is 5.32 Å². The van der Waals surface area contributed by atoms with E-state index < -0.39 is 9.84 Å². The van der Waals surface area contributed by atoms with Crippen LogP contribution in [0.2, 0.25) is 0 Å². The van der Waals surface area contributed by atoms with E-state index >= 15 is 0 Å². The lowest BCUT2D eigenvalue weighted by atomic mass is 9.88. The van der Waals surface area contributed by atoms with Crippen LogP contribution in [-0.4, -0.2) is 52.3 Å². The molecule has 1 unspecified atom stereocenters. The number of rotatable bonds is 8. The summed E-state index contributed by atoms with van der Waals surface area (Å²) in [7, 11) is -3.63. The van der Waals surface area contributed by atoms with Gasteiger partial charge in [0.25, 0.3) is 0 Å². The summed E-state index contributed by atoms with van der Waals surface area (Å²) in [5.74, 6) is 1.37. The van der Waals surface area contributed by atoms with E-state index in [4.69, 9.17) is 19.7 Å². The Morgan fingerprint density at radius 2 is 1.88 bits per heavy atom. The van der Waals surface area contributed by atoms with Gasteiger partial charge in [-0.1, -0.05) is 19.9 Å². The topological polar surface area (TPSA) is 120 Å². The standard InChI is InChI=1S/C37H40N6O3S2/c1-21(2)26-19-48(44,45)36-33(31-18-24-10-14-39-37(35(24)47-31)43-28-9-8-27-25(28)5-4-13-38-27)32(30-17-22(3)40-20-41-30)29(42-34(26)36)7-6-23-11-15-46-16-12-23/h4-5,10,13-14,17-18,20-21,23,26,28H,6-9,11-12,15-16,19H2,1-3H3,(H,39,43)/t26?,28-/m1/s1. The van der Waals surface area contributed by atoms with Crippen molar-refractivity contribution in [2.75, 3.05) is 24.3 Å². The van der Waals surface area contributed by atoms with Crippen LogP contribution in [0.4, 0.5) is 5.82 Å². The Morgan fingerprint density at radius 1 is 1.02 bits per heavy atom.